The summed E-state index contributed by atoms with van der Waals surface area (Å²) in [6, 6.07) is 46.5. The van der Waals surface area contributed by atoms with Crippen LogP contribution in [0.1, 0.15) is 62.1 Å². The zero-order valence-corrected chi connectivity index (χ0v) is 37.5. The number of ether oxygens (including phenoxy) is 9. The molecule has 0 unspecified atom stereocenters. The number of hydrogen-bond donors (Lipinski definition) is 2. The van der Waals surface area contributed by atoms with Gasteiger partial charge in [0, 0.05) is 0 Å². The molecule has 2 fully saturated rings. The van der Waals surface area contributed by atoms with E-state index in [4.69, 9.17) is 42.6 Å². The number of rotatable bonds is 16. The van der Waals surface area contributed by atoms with Crippen LogP contribution < -0.4 is 0 Å². The van der Waals surface area contributed by atoms with Gasteiger partial charge >= 0.3 is 35.8 Å². The van der Waals surface area contributed by atoms with E-state index in [2.05, 4.69) is 0 Å². The molecule has 8 rings (SSSR count). The molecular weight excluding hydrogens is 921 g/mol. The summed E-state index contributed by atoms with van der Waals surface area (Å²) in [5, 5.41) is 24.1. The van der Waals surface area contributed by atoms with Crippen molar-refractivity contribution in [1.82, 2.24) is 0 Å². The molecule has 2 N–H and O–H groups in total. The minimum atomic E-state index is -2.00. The molecule has 0 aromatic heterocycles. The quantitative estimate of drug-likeness (QED) is 0.0864. The van der Waals surface area contributed by atoms with Crippen molar-refractivity contribution in [2.24, 2.45) is 0 Å². The first kappa shape index (κ1) is 49.4. The number of esters is 6. The highest BCUT2D eigenvalue weighted by Crippen LogP contribution is 2.35. The van der Waals surface area contributed by atoms with Crippen molar-refractivity contribution >= 4 is 35.8 Å². The van der Waals surface area contributed by atoms with Crippen LogP contribution in [0.2, 0.25) is 0 Å². The monoisotopic (exact) mass is 966 g/mol. The van der Waals surface area contributed by atoms with E-state index in [-0.39, 0.29) is 33.4 Å². The van der Waals surface area contributed by atoms with Crippen LogP contribution in [-0.2, 0) is 42.6 Å². The molecule has 0 radical (unpaired) electrons. The zero-order chi connectivity index (χ0) is 49.7. The van der Waals surface area contributed by atoms with Crippen molar-refractivity contribution in [1.29, 1.82) is 0 Å². The zero-order valence-electron chi connectivity index (χ0n) is 37.5. The SMILES string of the molecule is O=C(OC[C@H]1O[C@H](O[C@H]2O[C@H](COC(=O)c3ccccc3)[C@H](O)[C@H](OC(=O)c3ccccc3)[C@H]2OC(=O)c2ccccc2)[C@H](OC(=O)c2ccccc2)[C@@H](OC(=O)c2ccccc2)[C@H]1O)c1ccccc1. The van der Waals surface area contributed by atoms with Crippen LogP contribution >= 0.6 is 0 Å². The van der Waals surface area contributed by atoms with Gasteiger partial charge in [-0.15, -0.1) is 0 Å². The van der Waals surface area contributed by atoms with E-state index in [0.717, 1.165) is 0 Å². The van der Waals surface area contributed by atoms with Gasteiger partial charge in [0.05, 0.1) is 33.4 Å². The Morgan fingerprint density at radius 1 is 0.338 bits per heavy atom. The Labute approximate surface area is 406 Å². The number of aliphatic hydroxyl groups excluding tert-OH is 2. The van der Waals surface area contributed by atoms with Crippen molar-refractivity contribution in [2.75, 3.05) is 13.2 Å². The average Bonchev–Trinajstić information content (AvgIpc) is 3.42. The summed E-state index contributed by atoms with van der Waals surface area (Å²) in [6.07, 6.45) is -18.6. The highest BCUT2D eigenvalue weighted by atomic mass is 16.8. The fraction of sp³-hybridized carbons (Fsp3) is 0.222. The number of carbonyl (C=O) groups is 6. The molecule has 71 heavy (non-hydrogen) atoms. The molecule has 10 atom stereocenters. The molecule has 0 spiro atoms. The lowest BCUT2D eigenvalue weighted by Crippen LogP contribution is -2.66. The second-order valence-electron chi connectivity index (χ2n) is 16.1. The molecule has 364 valence electrons. The van der Waals surface area contributed by atoms with Crippen molar-refractivity contribution in [3.63, 3.8) is 0 Å². The Morgan fingerprint density at radius 3 is 0.817 bits per heavy atom. The van der Waals surface area contributed by atoms with E-state index in [1.807, 2.05) is 0 Å². The lowest BCUT2D eigenvalue weighted by molar-refractivity contribution is -0.373. The van der Waals surface area contributed by atoms with Gasteiger partial charge in [-0.1, -0.05) is 109 Å². The Kier molecular flexibility index (Phi) is 16.3. The predicted octanol–water partition coefficient (Wildman–Crippen LogP) is 5.79. The van der Waals surface area contributed by atoms with Crippen LogP contribution in [0.25, 0.3) is 0 Å². The third-order valence-electron chi connectivity index (χ3n) is 11.3. The van der Waals surface area contributed by atoms with Crippen LogP contribution in [0.15, 0.2) is 182 Å². The summed E-state index contributed by atoms with van der Waals surface area (Å²) in [7, 11) is 0. The Hall–Kier alpha value is -8.06. The van der Waals surface area contributed by atoms with Crippen LogP contribution in [0.4, 0.5) is 0 Å². The normalized spacial score (nSPS) is 23.7. The number of hydrogen-bond acceptors (Lipinski definition) is 17. The van der Waals surface area contributed by atoms with Gasteiger partial charge in [-0.25, -0.2) is 28.8 Å². The third-order valence-corrected chi connectivity index (χ3v) is 11.3. The first-order valence-electron chi connectivity index (χ1n) is 22.3. The largest absolute Gasteiger partial charge is 0.459 e. The van der Waals surface area contributed by atoms with Gasteiger partial charge in [-0.2, -0.15) is 0 Å². The molecule has 2 heterocycles. The van der Waals surface area contributed by atoms with E-state index in [1.54, 1.807) is 109 Å². The lowest BCUT2D eigenvalue weighted by atomic mass is 9.97. The number of aliphatic hydroxyl groups is 2. The molecule has 0 amide bonds. The fourth-order valence-electron chi connectivity index (χ4n) is 7.62. The molecule has 6 aromatic rings. The maximum Gasteiger partial charge on any atom is 0.338 e. The second kappa shape index (κ2) is 23.5. The first-order chi connectivity index (χ1) is 34.5. The van der Waals surface area contributed by atoms with Crippen molar-refractivity contribution in [3.8, 4) is 0 Å². The van der Waals surface area contributed by atoms with Crippen LogP contribution in [0, 0.1) is 0 Å². The predicted molar refractivity (Wildman–Crippen MR) is 246 cm³/mol. The molecule has 6 aromatic carbocycles. The maximum atomic E-state index is 14.0. The van der Waals surface area contributed by atoms with E-state index < -0.39 is 110 Å². The third kappa shape index (κ3) is 12.4. The minimum Gasteiger partial charge on any atom is -0.459 e. The summed E-state index contributed by atoms with van der Waals surface area (Å²) in [5.74, 6) is -5.58. The van der Waals surface area contributed by atoms with Gasteiger partial charge in [0.2, 0.25) is 12.6 Å². The van der Waals surface area contributed by atoms with Gasteiger partial charge in [0.25, 0.3) is 0 Å². The summed E-state index contributed by atoms with van der Waals surface area (Å²) in [6.45, 7) is -1.39. The Morgan fingerprint density at radius 2 is 0.563 bits per heavy atom. The van der Waals surface area contributed by atoms with Crippen molar-refractivity contribution in [2.45, 2.75) is 61.4 Å². The first-order valence-corrected chi connectivity index (χ1v) is 22.3. The minimum absolute atomic E-state index is 0.0210. The molecule has 17 heteroatoms. The van der Waals surface area contributed by atoms with E-state index in [9.17, 15) is 39.0 Å². The Balaban J connectivity index is 1.20. The van der Waals surface area contributed by atoms with Crippen molar-refractivity contribution in [3.05, 3.63) is 215 Å². The van der Waals surface area contributed by atoms with Gasteiger partial charge in [0.15, 0.2) is 24.4 Å². The summed E-state index contributed by atoms with van der Waals surface area (Å²) in [5.41, 5.74) is 0.425. The lowest BCUT2D eigenvalue weighted by Gasteiger charge is -2.47. The second-order valence-corrected chi connectivity index (χ2v) is 16.1. The van der Waals surface area contributed by atoms with Crippen LogP contribution in [0.3, 0.4) is 0 Å². The smallest absolute Gasteiger partial charge is 0.338 e. The van der Waals surface area contributed by atoms with Crippen molar-refractivity contribution < 1.29 is 81.6 Å². The van der Waals surface area contributed by atoms with E-state index in [0.29, 0.717) is 0 Å². The summed E-state index contributed by atoms with van der Waals surface area (Å²) >= 11 is 0. The standard InChI is InChI=1S/C54H46O17/c55-41-39(31-63-47(57)33-19-7-1-8-20-33)65-53(45(69-51(61)37-27-15-5-16-28-37)43(41)67-49(59)35-23-11-3-12-24-35)71-54-46(70-52(62)38-29-17-6-18-30-38)44(68-50(60)36-25-13-4-14-26-36)42(56)40(66-54)32-64-48(58)34-21-9-2-10-22-34/h1-30,39-46,53-56H,31-32H2/t39-,40-,41+,42+,43+,44+,45-,46-,53-,54-/m1/s1. The molecule has 2 aliphatic rings. The van der Waals surface area contributed by atoms with Gasteiger partial charge < -0.3 is 52.8 Å². The van der Waals surface area contributed by atoms with E-state index >= 15 is 0 Å². The molecule has 17 nitrogen and oxygen atoms in total. The maximum absolute atomic E-state index is 14.0. The summed E-state index contributed by atoms with van der Waals surface area (Å²) in [4.78, 5) is 82.2. The van der Waals surface area contributed by atoms with Crippen LogP contribution in [0.5, 0.6) is 0 Å². The van der Waals surface area contributed by atoms with Gasteiger partial charge in [0.1, 0.15) is 37.6 Å². The average molecular weight is 967 g/mol. The highest BCUT2D eigenvalue weighted by molar-refractivity contribution is 5.92. The number of carbonyl (C=O) groups excluding carboxylic acids is 6. The number of benzene rings is 6. The molecule has 2 aliphatic heterocycles. The van der Waals surface area contributed by atoms with E-state index in [1.165, 1.54) is 72.8 Å². The highest BCUT2D eigenvalue weighted by Gasteiger charge is 2.56. The Bertz CT molecular complexity index is 2540. The van der Waals surface area contributed by atoms with Gasteiger partial charge in [-0.05, 0) is 72.8 Å². The molecule has 0 aliphatic carbocycles. The fourth-order valence-corrected chi connectivity index (χ4v) is 7.62. The molecule has 0 saturated carbocycles. The topological polar surface area (TPSA) is 226 Å². The summed E-state index contributed by atoms with van der Waals surface area (Å²) < 4.78 is 54.2. The van der Waals surface area contributed by atoms with Gasteiger partial charge in [-0.3, -0.25) is 0 Å². The van der Waals surface area contributed by atoms with Crippen LogP contribution in [-0.4, -0.2) is 121 Å². The molecule has 0 bridgehead atoms. The molecular formula is C54H46O17. The molecule has 2 saturated heterocycles.